The maximum Gasteiger partial charge on any atom is 0.258 e. The molecular formula is C16H18N6OS. The molecule has 4 N–H and O–H groups in total. The van der Waals surface area contributed by atoms with Crippen molar-refractivity contribution in [1.82, 2.24) is 19.9 Å². The standard InChI is InChI=1S/C16H18N6OS/c17-9-1-3-10(4-2-9)21-16-22-12(7-24-16)14-13-11(5-6-18-14)15(23)20-8-19-13/h5-10H,1-4,17H2,(H,21,22)(H,19,20,23). The van der Waals surface area contributed by atoms with Crippen molar-refractivity contribution in [3.05, 3.63) is 34.3 Å². The Morgan fingerprint density at radius 2 is 2.08 bits per heavy atom. The zero-order valence-electron chi connectivity index (χ0n) is 13.0. The van der Waals surface area contributed by atoms with Crippen molar-refractivity contribution in [2.24, 2.45) is 5.73 Å². The fourth-order valence-corrected chi connectivity index (χ4v) is 3.85. The molecule has 7 nitrogen and oxygen atoms in total. The van der Waals surface area contributed by atoms with Crippen LogP contribution in [0.5, 0.6) is 0 Å². The summed E-state index contributed by atoms with van der Waals surface area (Å²) < 4.78 is 0. The zero-order valence-corrected chi connectivity index (χ0v) is 13.8. The first-order chi connectivity index (χ1) is 11.7. The van der Waals surface area contributed by atoms with Gasteiger partial charge in [-0.05, 0) is 31.7 Å². The number of aromatic nitrogens is 4. The fourth-order valence-electron chi connectivity index (χ4n) is 3.08. The molecule has 3 aromatic heterocycles. The van der Waals surface area contributed by atoms with Crippen LogP contribution in [0.1, 0.15) is 25.7 Å². The summed E-state index contributed by atoms with van der Waals surface area (Å²) in [6.07, 6.45) is 7.25. The lowest BCUT2D eigenvalue weighted by atomic mass is 9.92. The minimum Gasteiger partial charge on any atom is -0.359 e. The van der Waals surface area contributed by atoms with Crippen LogP contribution < -0.4 is 16.6 Å². The highest BCUT2D eigenvalue weighted by molar-refractivity contribution is 7.14. The monoisotopic (exact) mass is 342 g/mol. The topological polar surface area (TPSA) is 110 Å². The second kappa shape index (κ2) is 6.29. The van der Waals surface area contributed by atoms with Gasteiger partial charge in [0.15, 0.2) is 5.13 Å². The van der Waals surface area contributed by atoms with Gasteiger partial charge in [0.1, 0.15) is 16.9 Å². The normalized spacial score (nSPS) is 21.0. The van der Waals surface area contributed by atoms with E-state index in [1.807, 2.05) is 5.38 Å². The highest BCUT2D eigenvalue weighted by atomic mass is 32.1. The number of thiazole rings is 1. The van der Waals surface area contributed by atoms with Crippen LogP contribution in [-0.2, 0) is 0 Å². The summed E-state index contributed by atoms with van der Waals surface area (Å²) >= 11 is 1.54. The van der Waals surface area contributed by atoms with Crippen molar-refractivity contribution in [3.8, 4) is 11.4 Å². The predicted molar refractivity (Wildman–Crippen MR) is 95.1 cm³/mol. The van der Waals surface area contributed by atoms with Crippen molar-refractivity contribution >= 4 is 27.4 Å². The molecular weight excluding hydrogens is 324 g/mol. The maximum atomic E-state index is 11.9. The second-order valence-corrected chi connectivity index (χ2v) is 6.94. The molecule has 1 fully saturated rings. The van der Waals surface area contributed by atoms with E-state index in [1.54, 1.807) is 23.6 Å². The Balaban J connectivity index is 1.61. The van der Waals surface area contributed by atoms with Crippen molar-refractivity contribution in [2.75, 3.05) is 5.32 Å². The molecule has 8 heteroatoms. The van der Waals surface area contributed by atoms with Gasteiger partial charge in [-0.3, -0.25) is 9.78 Å². The molecule has 0 bridgehead atoms. The van der Waals surface area contributed by atoms with Crippen molar-refractivity contribution < 1.29 is 0 Å². The third kappa shape index (κ3) is 2.90. The number of H-pyrrole nitrogens is 1. The van der Waals surface area contributed by atoms with Gasteiger partial charge in [-0.1, -0.05) is 0 Å². The Morgan fingerprint density at radius 3 is 2.92 bits per heavy atom. The number of nitrogens with one attached hydrogen (secondary N) is 2. The molecule has 24 heavy (non-hydrogen) atoms. The van der Waals surface area contributed by atoms with Crippen LogP contribution in [0.2, 0.25) is 0 Å². The van der Waals surface area contributed by atoms with Gasteiger partial charge < -0.3 is 16.0 Å². The SMILES string of the molecule is NC1CCC(Nc2nc(-c3nccc4c(=O)[nH]cnc34)cs2)CC1. The first-order valence-electron chi connectivity index (χ1n) is 8.01. The predicted octanol–water partition coefficient (Wildman–Crippen LogP) is 2.12. The van der Waals surface area contributed by atoms with Crippen LogP contribution >= 0.6 is 11.3 Å². The summed E-state index contributed by atoms with van der Waals surface area (Å²) in [6.45, 7) is 0. The van der Waals surface area contributed by atoms with Crippen LogP contribution in [0.3, 0.4) is 0 Å². The molecule has 3 heterocycles. The van der Waals surface area contributed by atoms with E-state index in [0.29, 0.717) is 28.7 Å². The summed E-state index contributed by atoms with van der Waals surface area (Å²) in [5.41, 5.74) is 7.72. The average molecular weight is 342 g/mol. The van der Waals surface area contributed by atoms with Crippen LogP contribution in [0, 0.1) is 0 Å². The van der Waals surface area contributed by atoms with E-state index in [1.165, 1.54) is 6.33 Å². The number of nitrogens with two attached hydrogens (primary N) is 1. The van der Waals surface area contributed by atoms with Crippen molar-refractivity contribution in [2.45, 2.75) is 37.8 Å². The first-order valence-corrected chi connectivity index (χ1v) is 8.89. The molecule has 0 unspecified atom stereocenters. The van der Waals surface area contributed by atoms with E-state index < -0.39 is 0 Å². The Hall–Kier alpha value is -2.32. The second-order valence-electron chi connectivity index (χ2n) is 6.08. The molecule has 1 aliphatic carbocycles. The van der Waals surface area contributed by atoms with Gasteiger partial charge in [-0.2, -0.15) is 0 Å². The van der Waals surface area contributed by atoms with Gasteiger partial charge in [0.05, 0.1) is 11.7 Å². The van der Waals surface area contributed by atoms with Crippen LogP contribution in [0.25, 0.3) is 22.3 Å². The lowest BCUT2D eigenvalue weighted by Gasteiger charge is -2.26. The lowest BCUT2D eigenvalue weighted by molar-refractivity contribution is 0.411. The summed E-state index contributed by atoms with van der Waals surface area (Å²) in [5.74, 6) is 0. The molecule has 0 aliphatic heterocycles. The van der Waals surface area contributed by atoms with Gasteiger partial charge in [0.25, 0.3) is 5.56 Å². The molecule has 0 amide bonds. The van der Waals surface area contributed by atoms with Crippen LogP contribution in [0.15, 0.2) is 28.8 Å². The third-order valence-corrected chi connectivity index (χ3v) is 5.18. The van der Waals surface area contributed by atoms with E-state index in [0.717, 1.165) is 36.5 Å². The van der Waals surface area contributed by atoms with Gasteiger partial charge >= 0.3 is 0 Å². The van der Waals surface area contributed by atoms with E-state index >= 15 is 0 Å². The molecule has 3 aromatic rings. The van der Waals surface area contributed by atoms with Crippen LogP contribution in [-0.4, -0.2) is 32.0 Å². The number of hydrogen-bond donors (Lipinski definition) is 3. The molecule has 1 saturated carbocycles. The largest absolute Gasteiger partial charge is 0.359 e. The molecule has 0 radical (unpaired) electrons. The van der Waals surface area contributed by atoms with Gasteiger partial charge in [-0.25, -0.2) is 9.97 Å². The number of rotatable bonds is 3. The quantitative estimate of drug-likeness (QED) is 0.672. The smallest absolute Gasteiger partial charge is 0.258 e. The molecule has 0 saturated heterocycles. The number of aromatic amines is 1. The molecule has 0 atom stereocenters. The minimum atomic E-state index is -0.171. The lowest BCUT2D eigenvalue weighted by Crippen LogP contribution is -2.32. The van der Waals surface area contributed by atoms with E-state index in [4.69, 9.17) is 5.73 Å². The number of nitrogens with zero attached hydrogens (tertiary/aromatic N) is 3. The number of hydrogen-bond acceptors (Lipinski definition) is 7. The highest BCUT2D eigenvalue weighted by Crippen LogP contribution is 2.29. The highest BCUT2D eigenvalue weighted by Gasteiger charge is 2.19. The molecule has 0 aromatic carbocycles. The number of fused-ring (bicyclic) bond motifs is 1. The summed E-state index contributed by atoms with van der Waals surface area (Å²) in [5, 5.41) is 6.82. The molecule has 124 valence electrons. The third-order valence-electron chi connectivity index (χ3n) is 4.40. The van der Waals surface area contributed by atoms with E-state index in [2.05, 4.69) is 25.3 Å². The van der Waals surface area contributed by atoms with Crippen molar-refractivity contribution in [3.63, 3.8) is 0 Å². The van der Waals surface area contributed by atoms with Crippen LogP contribution in [0.4, 0.5) is 5.13 Å². The van der Waals surface area contributed by atoms with E-state index in [9.17, 15) is 4.79 Å². The zero-order chi connectivity index (χ0) is 16.5. The molecule has 1 aliphatic rings. The summed E-state index contributed by atoms with van der Waals surface area (Å²) in [6, 6.07) is 2.42. The Kier molecular flexibility index (Phi) is 3.99. The minimum absolute atomic E-state index is 0.171. The number of anilines is 1. The summed E-state index contributed by atoms with van der Waals surface area (Å²) in [7, 11) is 0. The summed E-state index contributed by atoms with van der Waals surface area (Å²) in [4.78, 5) is 27.7. The Bertz CT molecular complexity index is 912. The fraction of sp³-hybridized carbons (Fsp3) is 0.375. The van der Waals surface area contributed by atoms with Gasteiger partial charge in [0.2, 0.25) is 0 Å². The average Bonchev–Trinajstić information content (AvgIpc) is 3.05. The molecule has 4 rings (SSSR count). The Labute approximate surface area is 142 Å². The Morgan fingerprint density at radius 1 is 1.25 bits per heavy atom. The first kappa shape index (κ1) is 15.2. The maximum absolute atomic E-state index is 11.9. The van der Waals surface area contributed by atoms with Gasteiger partial charge in [0, 0.05) is 23.7 Å². The van der Waals surface area contributed by atoms with Gasteiger partial charge in [-0.15, -0.1) is 11.3 Å². The van der Waals surface area contributed by atoms with Crippen molar-refractivity contribution in [1.29, 1.82) is 0 Å². The number of pyridine rings is 1. The van der Waals surface area contributed by atoms with E-state index in [-0.39, 0.29) is 5.56 Å². The molecule has 0 spiro atoms.